The molecule has 2 aromatic heterocycles. The van der Waals surface area contributed by atoms with Crippen LogP contribution in [0, 0.1) is 12.7 Å². The van der Waals surface area contributed by atoms with Crippen molar-refractivity contribution in [2.75, 3.05) is 25.1 Å². The monoisotopic (exact) mass is 366 g/mol. The second-order valence-corrected chi connectivity index (χ2v) is 6.66. The summed E-state index contributed by atoms with van der Waals surface area (Å²) in [6, 6.07) is 1.54. The standard InChI is InChI=1S/C16H19FN4O3S/c1-10-12(8-18-9-13(10)24-16(22)21(2)3)7-11-5-6-19-15(14(11)17)20-25(4)23/h5-6,8-9H,7H2,1-4H3,(H,19,20). The van der Waals surface area contributed by atoms with Crippen molar-refractivity contribution in [2.45, 2.75) is 13.3 Å². The second kappa shape index (κ2) is 8.13. The van der Waals surface area contributed by atoms with Crippen LogP contribution in [0.4, 0.5) is 15.0 Å². The van der Waals surface area contributed by atoms with Crippen LogP contribution in [0.1, 0.15) is 16.7 Å². The Hall–Kier alpha value is -2.39. The molecule has 0 spiro atoms. The maximum absolute atomic E-state index is 14.5. The minimum Gasteiger partial charge on any atom is -0.593 e. The summed E-state index contributed by atoms with van der Waals surface area (Å²) in [5.41, 5.74) is 1.76. The molecule has 0 fully saturated rings. The Morgan fingerprint density at radius 1 is 1.40 bits per heavy atom. The van der Waals surface area contributed by atoms with Crippen LogP contribution in [-0.4, -0.2) is 45.9 Å². The SMILES string of the molecule is Cc1c(Cc2ccnc(N[S+](C)[O-])c2F)cncc1OC(=O)N(C)C. The molecule has 1 unspecified atom stereocenters. The largest absolute Gasteiger partial charge is 0.593 e. The summed E-state index contributed by atoms with van der Waals surface area (Å²) in [5, 5.41) is 0. The van der Waals surface area contributed by atoms with E-state index in [2.05, 4.69) is 14.7 Å². The van der Waals surface area contributed by atoms with Crippen LogP contribution >= 0.6 is 0 Å². The van der Waals surface area contributed by atoms with Gasteiger partial charge in [0.05, 0.1) is 17.6 Å². The number of halogens is 1. The van der Waals surface area contributed by atoms with Gasteiger partial charge in [-0.25, -0.2) is 14.2 Å². The number of hydrogen-bond donors (Lipinski definition) is 1. The maximum Gasteiger partial charge on any atom is 0.414 e. The number of hydrogen-bond acceptors (Lipinski definition) is 6. The first-order chi connectivity index (χ1) is 11.8. The molecule has 0 aliphatic rings. The summed E-state index contributed by atoms with van der Waals surface area (Å²) in [4.78, 5) is 20.9. The highest BCUT2D eigenvalue weighted by Gasteiger charge is 2.16. The Bertz CT molecular complexity index is 771. The summed E-state index contributed by atoms with van der Waals surface area (Å²) in [6.07, 6.45) is 5.57. The summed E-state index contributed by atoms with van der Waals surface area (Å²) >= 11 is -1.43. The van der Waals surface area contributed by atoms with Gasteiger partial charge in [0.15, 0.2) is 11.6 Å². The van der Waals surface area contributed by atoms with E-state index in [1.807, 2.05) is 0 Å². The van der Waals surface area contributed by atoms with E-state index in [1.165, 1.54) is 29.6 Å². The molecule has 0 saturated carbocycles. The number of amides is 1. The van der Waals surface area contributed by atoms with Crippen LogP contribution in [0.3, 0.4) is 0 Å². The lowest BCUT2D eigenvalue weighted by atomic mass is 10.0. The molecule has 1 amide bonds. The molecule has 0 radical (unpaired) electrons. The highest BCUT2D eigenvalue weighted by atomic mass is 32.2. The predicted octanol–water partition coefficient (Wildman–Crippen LogP) is 2.28. The molecule has 134 valence electrons. The van der Waals surface area contributed by atoms with Gasteiger partial charge >= 0.3 is 6.09 Å². The lowest BCUT2D eigenvalue weighted by Crippen LogP contribution is -2.25. The molecule has 2 rings (SSSR count). The van der Waals surface area contributed by atoms with Gasteiger partial charge in [0.2, 0.25) is 5.82 Å². The number of nitrogens with zero attached hydrogens (tertiary/aromatic N) is 3. The van der Waals surface area contributed by atoms with E-state index in [0.717, 1.165) is 0 Å². The Labute approximate surface area is 148 Å². The number of rotatable bonds is 5. The van der Waals surface area contributed by atoms with Crippen LogP contribution in [0.5, 0.6) is 5.75 Å². The molecule has 1 N–H and O–H groups in total. The first-order valence-electron chi connectivity index (χ1n) is 7.35. The highest BCUT2D eigenvalue weighted by Crippen LogP contribution is 2.25. The zero-order chi connectivity index (χ0) is 18.6. The van der Waals surface area contributed by atoms with Gasteiger partial charge in [-0.2, -0.15) is 4.72 Å². The molecule has 9 heteroatoms. The van der Waals surface area contributed by atoms with Crippen LogP contribution < -0.4 is 9.46 Å². The number of anilines is 1. The summed E-state index contributed by atoms with van der Waals surface area (Å²) < 4.78 is 33.4. The van der Waals surface area contributed by atoms with Gasteiger partial charge in [-0.3, -0.25) is 4.98 Å². The first kappa shape index (κ1) is 18.9. The van der Waals surface area contributed by atoms with Gasteiger partial charge in [0.1, 0.15) is 6.26 Å². The van der Waals surface area contributed by atoms with Crippen molar-refractivity contribution in [1.82, 2.24) is 14.9 Å². The maximum atomic E-state index is 14.5. The van der Waals surface area contributed by atoms with E-state index in [4.69, 9.17) is 4.74 Å². The fourth-order valence-corrected chi connectivity index (χ4v) is 2.46. The van der Waals surface area contributed by atoms with Crippen LogP contribution in [0.2, 0.25) is 0 Å². The second-order valence-electron chi connectivity index (χ2n) is 5.55. The molecule has 2 aromatic rings. The summed E-state index contributed by atoms with van der Waals surface area (Å²) in [7, 11) is 3.15. The molecule has 0 bridgehead atoms. The Kier molecular flexibility index (Phi) is 6.16. The van der Waals surface area contributed by atoms with Gasteiger partial charge < -0.3 is 14.2 Å². The molecule has 2 heterocycles. The quantitative estimate of drug-likeness (QED) is 0.817. The van der Waals surface area contributed by atoms with E-state index in [1.54, 1.807) is 27.2 Å². The molecule has 0 aromatic carbocycles. The number of aromatic nitrogens is 2. The Balaban J connectivity index is 2.28. The van der Waals surface area contributed by atoms with Crippen molar-refractivity contribution < 1.29 is 18.5 Å². The lowest BCUT2D eigenvalue weighted by Gasteiger charge is -2.14. The fourth-order valence-electron chi connectivity index (χ4n) is 2.05. The zero-order valence-electron chi connectivity index (χ0n) is 14.4. The third-order valence-electron chi connectivity index (χ3n) is 3.43. The van der Waals surface area contributed by atoms with Crippen LogP contribution in [-0.2, 0) is 17.8 Å². The predicted molar refractivity (Wildman–Crippen MR) is 93.4 cm³/mol. The van der Waals surface area contributed by atoms with E-state index in [-0.39, 0.29) is 12.2 Å². The first-order valence-corrected chi connectivity index (χ1v) is 8.91. The molecule has 0 aliphatic heterocycles. The van der Waals surface area contributed by atoms with E-state index >= 15 is 0 Å². The van der Waals surface area contributed by atoms with Crippen LogP contribution in [0.25, 0.3) is 0 Å². The zero-order valence-corrected chi connectivity index (χ0v) is 15.2. The van der Waals surface area contributed by atoms with Crippen molar-refractivity contribution in [1.29, 1.82) is 0 Å². The minimum absolute atomic E-state index is 0.0702. The molecular formula is C16H19FN4O3S. The van der Waals surface area contributed by atoms with Gasteiger partial charge in [-0.1, -0.05) is 0 Å². The van der Waals surface area contributed by atoms with Crippen LogP contribution in [0.15, 0.2) is 24.7 Å². The molecular weight excluding hydrogens is 347 g/mol. The van der Waals surface area contributed by atoms with Crippen molar-refractivity contribution in [3.63, 3.8) is 0 Å². The van der Waals surface area contributed by atoms with Crippen molar-refractivity contribution >= 4 is 23.3 Å². The Morgan fingerprint density at radius 3 is 2.76 bits per heavy atom. The molecule has 0 aliphatic carbocycles. The topological polar surface area (TPSA) is 90.4 Å². The lowest BCUT2D eigenvalue weighted by molar-refractivity contribution is 0.171. The normalized spacial score (nSPS) is 11.8. The fraction of sp³-hybridized carbons (Fsp3) is 0.312. The molecule has 25 heavy (non-hydrogen) atoms. The van der Waals surface area contributed by atoms with Crippen molar-refractivity contribution in [3.8, 4) is 5.75 Å². The average Bonchev–Trinajstić information content (AvgIpc) is 2.54. The molecule has 1 atom stereocenters. The minimum atomic E-state index is -1.43. The highest BCUT2D eigenvalue weighted by molar-refractivity contribution is 7.92. The summed E-state index contributed by atoms with van der Waals surface area (Å²) in [5.74, 6) is -0.328. The van der Waals surface area contributed by atoms with Gasteiger partial charge in [-0.15, -0.1) is 0 Å². The molecule has 0 saturated heterocycles. The van der Waals surface area contributed by atoms with Gasteiger partial charge in [0.25, 0.3) is 0 Å². The average molecular weight is 366 g/mol. The number of carbonyl (C=O) groups is 1. The van der Waals surface area contributed by atoms with Gasteiger partial charge in [0, 0.05) is 32.9 Å². The number of ether oxygens (including phenoxy) is 1. The van der Waals surface area contributed by atoms with Gasteiger partial charge in [-0.05, 0) is 29.7 Å². The third-order valence-corrected chi connectivity index (χ3v) is 3.91. The van der Waals surface area contributed by atoms with Crippen molar-refractivity contribution in [3.05, 3.63) is 47.2 Å². The summed E-state index contributed by atoms with van der Waals surface area (Å²) in [6.45, 7) is 1.77. The third kappa shape index (κ3) is 4.80. The molecule has 7 nitrogen and oxygen atoms in total. The van der Waals surface area contributed by atoms with E-state index < -0.39 is 23.3 Å². The Morgan fingerprint density at radius 2 is 2.12 bits per heavy atom. The number of nitrogens with one attached hydrogen (secondary N) is 1. The number of pyridine rings is 2. The smallest absolute Gasteiger partial charge is 0.414 e. The van der Waals surface area contributed by atoms with Crippen molar-refractivity contribution in [2.24, 2.45) is 0 Å². The number of carbonyl (C=O) groups excluding carboxylic acids is 1. The van der Waals surface area contributed by atoms with E-state index in [0.29, 0.717) is 22.4 Å². The van der Waals surface area contributed by atoms with E-state index in [9.17, 15) is 13.7 Å².